The van der Waals surface area contributed by atoms with Crippen molar-refractivity contribution in [3.63, 3.8) is 0 Å². The zero-order chi connectivity index (χ0) is 12.5. The van der Waals surface area contributed by atoms with Gasteiger partial charge in [-0.3, -0.25) is 0 Å². The Bertz CT molecular complexity index is 753. The number of hydrogen-bond acceptors (Lipinski definition) is 7. The number of fused-ring (bicyclic) bond motifs is 1. The normalized spacial score (nSPS) is 10.9. The van der Waals surface area contributed by atoms with Gasteiger partial charge in [-0.25, -0.2) is 4.79 Å². The van der Waals surface area contributed by atoms with Crippen LogP contribution in [-0.2, 0) is 0 Å². The third-order valence-electron chi connectivity index (χ3n) is 2.26. The van der Waals surface area contributed by atoms with Crippen molar-refractivity contribution < 1.29 is 9.52 Å². The predicted octanol–water partition coefficient (Wildman–Crippen LogP) is 1.16. The van der Waals surface area contributed by atoms with E-state index in [1.54, 1.807) is 24.3 Å². The number of hydrogen-bond donors (Lipinski definition) is 2. The van der Waals surface area contributed by atoms with Crippen molar-refractivity contribution in [1.29, 1.82) is 0 Å². The van der Waals surface area contributed by atoms with E-state index in [0.29, 0.717) is 11.0 Å². The molecule has 0 aliphatic heterocycles. The molecule has 0 aliphatic carbocycles. The highest BCUT2D eigenvalue weighted by atomic mass is 32.2. The van der Waals surface area contributed by atoms with Crippen LogP contribution in [0.15, 0.2) is 43.5 Å². The molecule has 0 saturated carbocycles. The lowest BCUT2D eigenvalue weighted by Gasteiger charge is -2.03. The number of nitrogens with zero attached hydrogens (tertiary/aromatic N) is 3. The lowest BCUT2D eigenvalue weighted by Crippen LogP contribution is -2.02. The third-order valence-corrected chi connectivity index (χ3v) is 3.18. The highest BCUT2D eigenvalue weighted by Gasteiger charge is 2.16. The highest BCUT2D eigenvalue weighted by molar-refractivity contribution is 7.99. The van der Waals surface area contributed by atoms with Gasteiger partial charge < -0.3 is 9.52 Å². The van der Waals surface area contributed by atoms with Crippen LogP contribution in [0.4, 0.5) is 0 Å². The van der Waals surface area contributed by atoms with Gasteiger partial charge in [-0.1, -0.05) is 12.1 Å². The Labute approximate surface area is 104 Å². The molecule has 8 heteroatoms. The lowest BCUT2D eigenvalue weighted by molar-refractivity contribution is 0.447. The fourth-order valence-electron chi connectivity index (χ4n) is 1.49. The zero-order valence-electron chi connectivity index (χ0n) is 8.82. The molecule has 0 fully saturated rings. The van der Waals surface area contributed by atoms with E-state index < -0.39 is 5.63 Å². The SMILES string of the molecule is O=c1oc2ccccc2c(O)c1Sc1nn[nH]n1. The van der Waals surface area contributed by atoms with Crippen molar-refractivity contribution in [1.82, 2.24) is 20.6 Å². The maximum Gasteiger partial charge on any atom is 0.354 e. The molecule has 2 aromatic heterocycles. The molecule has 2 N–H and O–H groups in total. The minimum absolute atomic E-state index is 0.0371. The summed E-state index contributed by atoms with van der Waals surface area (Å²) in [6, 6.07) is 6.73. The number of para-hydroxylation sites is 1. The topological polar surface area (TPSA) is 105 Å². The van der Waals surface area contributed by atoms with Crippen LogP contribution in [0.2, 0.25) is 0 Å². The molecule has 0 amide bonds. The van der Waals surface area contributed by atoms with E-state index in [2.05, 4.69) is 20.6 Å². The second-order valence-corrected chi connectivity index (χ2v) is 4.34. The van der Waals surface area contributed by atoms with E-state index >= 15 is 0 Å². The molecule has 0 saturated heterocycles. The van der Waals surface area contributed by atoms with Crippen LogP contribution >= 0.6 is 11.8 Å². The Hall–Kier alpha value is -2.35. The summed E-state index contributed by atoms with van der Waals surface area (Å²) in [4.78, 5) is 11.8. The summed E-state index contributed by atoms with van der Waals surface area (Å²) >= 11 is 0.890. The lowest BCUT2D eigenvalue weighted by atomic mass is 10.2. The molecule has 0 atom stereocenters. The summed E-state index contributed by atoms with van der Waals surface area (Å²) in [6.07, 6.45) is 0. The van der Waals surface area contributed by atoms with E-state index in [1.807, 2.05) is 0 Å². The molecule has 0 aliphatic rings. The molecule has 0 unspecified atom stereocenters. The quantitative estimate of drug-likeness (QED) is 0.667. The van der Waals surface area contributed by atoms with Crippen LogP contribution in [0.25, 0.3) is 11.0 Å². The van der Waals surface area contributed by atoms with Gasteiger partial charge >= 0.3 is 5.63 Å². The molecule has 1 aromatic carbocycles. The number of benzene rings is 1. The van der Waals surface area contributed by atoms with Crippen LogP contribution in [0, 0.1) is 0 Å². The van der Waals surface area contributed by atoms with Crippen LogP contribution < -0.4 is 5.63 Å². The van der Waals surface area contributed by atoms with E-state index in [9.17, 15) is 9.90 Å². The number of rotatable bonds is 2. The summed E-state index contributed by atoms with van der Waals surface area (Å²) in [5.41, 5.74) is -0.307. The van der Waals surface area contributed by atoms with Gasteiger partial charge in [0, 0.05) is 0 Å². The summed E-state index contributed by atoms with van der Waals surface area (Å²) in [5.74, 6) is -0.142. The molecule has 90 valence electrons. The van der Waals surface area contributed by atoms with Crippen molar-refractivity contribution in [2.45, 2.75) is 10.1 Å². The largest absolute Gasteiger partial charge is 0.506 e. The molecule has 0 spiro atoms. The average molecular weight is 262 g/mol. The first-order valence-electron chi connectivity index (χ1n) is 4.92. The second kappa shape index (κ2) is 4.15. The first-order chi connectivity index (χ1) is 8.75. The zero-order valence-corrected chi connectivity index (χ0v) is 9.64. The number of aromatic amines is 1. The van der Waals surface area contributed by atoms with Gasteiger partial charge in [0.15, 0.2) is 0 Å². The maximum atomic E-state index is 11.7. The van der Waals surface area contributed by atoms with Gasteiger partial charge in [-0.2, -0.15) is 5.21 Å². The predicted molar refractivity (Wildman–Crippen MR) is 62.4 cm³/mol. The molecular weight excluding hydrogens is 256 g/mol. The summed E-state index contributed by atoms with van der Waals surface area (Å²) in [7, 11) is 0. The maximum absolute atomic E-state index is 11.7. The van der Waals surface area contributed by atoms with Crippen molar-refractivity contribution >= 4 is 22.7 Å². The molecule has 3 rings (SSSR count). The average Bonchev–Trinajstić information content (AvgIpc) is 2.87. The number of aromatic nitrogens is 4. The van der Waals surface area contributed by atoms with Gasteiger partial charge in [0.1, 0.15) is 16.2 Å². The summed E-state index contributed by atoms with van der Waals surface area (Å²) in [6.45, 7) is 0. The van der Waals surface area contributed by atoms with Gasteiger partial charge in [0.05, 0.1) is 5.39 Å². The molecular formula is C10H6N4O3S. The Morgan fingerprint density at radius 2 is 2.17 bits per heavy atom. The Balaban J connectivity index is 2.20. The van der Waals surface area contributed by atoms with Crippen molar-refractivity contribution in [3.05, 3.63) is 34.7 Å². The van der Waals surface area contributed by atoms with Gasteiger partial charge in [-0.15, -0.1) is 10.2 Å². The second-order valence-electron chi connectivity index (χ2n) is 3.36. The monoisotopic (exact) mass is 262 g/mol. The van der Waals surface area contributed by atoms with Gasteiger partial charge in [-0.05, 0) is 29.1 Å². The van der Waals surface area contributed by atoms with Crippen molar-refractivity contribution in [3.8, 4) is 5.75 Å². The standard InChI is InChI=1S/C10H6N4O3S/c15-7-5-3-1-2-4-6(5)17-9(16)8(7)18-10-11-13-14-12-10/h1-4,15H,(H,11,12,13,14). The molecule has 18 heavy (non-hydrogen) atoms. The van der Waals surface area contributed by atoms with Crippen molar-refractivity contribution in [2.75, 3.05) is 0 Å². The van der Waals surface area contributed by atoms with E-state index in [1.165, 1.54) is 0 Å². The fraction of sp³-hybridized carbons (Fsp3) is 0. The van der Waals surface area contributed by atoms with Gasteiger partial charge in [0.25, 0.3) is 0 Å². The first kappa shape index (κ1) is 10.8. The van der Waals surface area contributed by atoms with Crippen LogP contribution in [-0.4, -0.2) is 25.7 Å². The number of H-pyrrole nitrogens is 1. The third kappa shape index (κ3) is 1.72. The first-order valence-corrected chi connectivity index (χ1v) is 5.73. The fourth-order valence-corrected chi connectivity index (χ4v) is 2.18. The molecule has 3 aromatic rings. The Morgan fingerprint density at radius 1 is 1.33 bits per heavy atom. The minimum atomic E-state index is -0.638. The number of nitrogens with one attached hydrogen (secondary N) is 1. The van der Waals surface area contributed by atoms with Crippen LogP contribution in [0.5, 0.6) is 5.75 Å². The van der Waals surface area contributed by atoms with E-state index in [0.717, 1.165) is 11.8 Å². The Morgan fingerprint density at radius 3 is 2.94 bits per heavy atom. The van der Waals surface area contributed by atoms with Crippen molar-refractivity contribution in [2.24, 2.45) is 0 Å². The summed E-state index contributed by atoms with van der Waals surface area (Å²) in [5, 5.41) is 23.8. The smallest absolute Gasteiger partial charge is 0.354 e. The van der Waals surface area contributed by atoms with E-state index in [4.69, 9.17) is 4.42 Å². The number of aromatic hydroxyl groups is 1. The summed E-state index contributed by atoms with van der Waals surface area (Å²) < 4.78 is 5.10. The van der Waals surface area contributed by atoms with Crippen LogP contribution in [0.3, 0.4) is 0 Å². The highest BCUT2D eigenvalue weighted by Crippen LogP contribution is 2.34. The molecule has 2 heterocycles. The molecule has 0 bridgehead atoms. The van der Waals surface area contributed by atoms with Gasteiger partial charge in [0.2, 0.25) is 5.16 Å². The minimum Gasteiger partial charge on any atom is -0.506 e. The number of tetrazole rings is 1. The Kier molecular flexibility index (Phi) is 2.49. The molecule has 0 radical (unpaired) electrons. The van der Waals surface area contributed by atoms with E-state index in [-0.39, 0.29) is 15.8 Å². The molecule has 7 nitrogen and oxygen atoms in total. The van der Waals surface area contributed by atoms with Crippen LogP contribution in [0.1, 0.15) is 0 Å².